The number of pyridine rings is 1. The van der Waals surface area contributed by atoms with Gasteiger partial charge in [0.1, 0.15) is 11.9 Å². The maximum absolute atomic E-state index is 13.6. The number of rotatable bonds is 4. The maximum atomic E-state index is 13.6. The van der Waals surface area contributed by atoms with Crippen molar-refractivity contribution in [1.29, 1.82) is 0 Å². The molecule has 98 valence electrons. The second-order valence-electron chi connectivity index (χ2n) is 3.00. The molecule has 0 unspecified atom stereocenters. The summed E-state index contributed by atoms with van der Waals surface area (Å²) in [6.45, 7) is 1.21. The lowest BCUT2D eigenvalue weighted by Gasteiger charge is -2.07. The van der Waals surface area contributed by atoms with Crippen LogP contribution in [0.3, 0.4) is 0 Å². The monoisotopic (exact) mass is 264 g/mol. The highest BCUT2D eigenvalue weighted by Crippen LogP contribution is 2.28. The molecular formula is C9H7F3N2O4. The summed E-state index contributed by atoms with van der Waals surface area (Å²) in [6, 6.07) is 0. The summed E-state index contributed by atoms with van der Waals surface area (Å²) in [5, 5.41) is 10.6. The molecule has 0 aromatic carbocycles. The molecule has 0 radical (unpaired) electrons. The zero-order valence-corrected chi connectivity index (χ0v) is 9.02. The fourth-order valence-electron chi connectivity index (χ4n) is 1.18. The third kappa shape index (κ3) is 2.55. The second-order valence-corrected chi connectivity index (χ2v) is 3.00. The van der Waals surface area contributed by atoms with Gasteiger partial charge in [-0.25, -0.2) is 22.9 Å². The molecule has 1 aromatic rings. The van der Waals surface area contributed by atoms with Crippen LogP contribution in [-0.2, 0) is 4.74 Å². The third-order valence-electron chi connectivity index (χ3n) is 1.91. The van der Waals surface area contributed by atoms with Crippen LogP contribution in [0.15, 0.2) is 6.20 Å². The van der Waals surface area contributed by atoms with Gasteiger partial charge in [-0.15, -0.1) is 0 Å². The van der Waals surface area contributed by atoms with Gasteiger partial charge in [0.05, 0.1) is 11.5 Å². The molecule has 1 aromatic heterocycles. The molecule has 0 aliphatic rings. The van der Waals surface area contributed by atoms with Gasteiger partial charge < -0.3 is 4.74 Å². The van der Waals surface area contributed by atoms with Crippen LogP contribution in [0.25, 0.3) is 0 Å². The molecule has 0 atom stereocenters. The normalized spacial score (nSPS) is 10.5. The summed E-state index contributed by atoms with van der Waals surface area (Å²) < 4.78 is 42.7. The van der Waals surface area contributed by atoms with Crippen LogP contribution < -0.4 is 0 Å². The Morgan fingerprint density at radius 2 is 2.22 bits per heavy atom. The van der Waals surface area contributed by atoms with Gasteiger partial charge >= 0.3 is 11.7 Å². The first-order valence-electron chi connectivity index (χ1n) is 4.68. The minimum Gasteiger partial charge on any atom is -0.462 e. The number of hydrogen-bond donors (Lipinski definition) is 0. The van der Waals surface area contributed by atoms with Crippen LogP contribution in [-0.4, -0.2) is 22.5 Å². The van der Waals surface area contributed by atoms with E-state index in [1.165, 1.54) is 6.92 Å². The average molecular weight is 264 g/mol. The lowest BCUT2D eigenvalue weighted by atomic mass is 10.2. The number of esters is 1. The smallest absolute Gasteiger partial charge is 0.348 e. The van der Waals surface area contributed by atoms with Gasteiger partial charge in [-0.1, -0.05) is 0 Å². The third-order valence-corrected chi connectivity index (χ3v) is 1.91. The van der Waals surface area contributed by atoms with E-state index >= 15 is 0 Å². The highest BCUT2D eigenvalue weighted by atomic mass is 19.3. The Kier molecular flexibility index (Phi) is 4.18. The molecule has 0 spiro atoms. The number of aromatic nitrogens is 1. The van der Waals surface area contributed by atoms with Crippen molar-refractivity contribution in [3.63, 3.8) is 0 Å². The molecule has 0 aliphatic carbocycles. The van der Waals surface area contributed by atoms with Gasteiger partial charge in [0, 0.05) is 0 Å². The number of nitro groups is 1. The molecule has 0 amide bonds. The number of ether oxygens (including phenoxy) is 1. The van der Waals surface area contributed by atoms with Gasteiger partial charge in [0.25, 0.3) is 6.43 Å². The summed E-state index contributed by atoms with van der Waals surface area (Å²) in [5.74, 6) is -3.12. The van der Waals surface area contributed by atoms with Gasteiger partial charge in [0.15, 0.2) is 11.4 Å². The Morgan fingerprint density at radius 1 is 1.61 bits per heavy atom. The molecule has 0 bridgehead atoms. The Bertz CT molecular complexity index is 493. The Balaban J connectivity index is 3.45. The zero-order valence-electron chi connectivity index (χ0n) is 9.02. The van der Waals surface area contributed by atoms with Crippen LogP contribution in [0.4, 0.5) is 18.9 Å². The topological polar surface area (TPSA) is 82.3 Å². The minimum atomic E-state index is -3.29. The van der Waals surface area contributed by atoms with E-state index in [1.54, 1.807) is 0 Å². The Hall–Kier alpha value is -2.19. The number of halogens is 3. The molecule has 9 heteroatoms. The summed E-state index contributed by atoms with van der Waals surface area (Å²) >= 11 is 0. The van der Waals surface area contributed by atoms with Gasteiger partial charge in [-0.2, -0.15) is 0 Å². The van der Waals surface area contributed by atoms with Crippen molar-refractivity contribution >= 4 is 11.7 Å². The molecule has 6 nitrogen and oxygen atoms in total. The van der Waals surface area contributed by atoms with Gasteiger partial charge in [0.2, 0.25) is 0 Å². The zero-order chi connectivity index (χ0) is 13.9. The first-order chi connectivity index (χ1) is 8.40. The van der Waals surface area contributed by atoms with E-state index < -0.39 is 40.1 Å². The number of carbonyl (C=O) groups is 1. The molecule has 0 N–H and O–H groups in total. The Labute approximate surface area is 98.5 Å². The van der Waals surface area contributed by atoms with Crippen LogP contribution >= 0.6 is 0 Å². The SMILES string of the molecule is CCOC(=O)c1c([N+](=O)[O-])cnc(C(F)F)c1F. The van der Waals surface area contributed by atoms with E-state index in [9.17, 15) is 28.1 Å². The van der Waals surface area contributed by atoms with Crippen LogP contribution in [0.5, 0.6) is 0 Å². The van der Waals surface area contributed by atoms with E-state index in [0.29, 0.717) is 6.20 Å². The highest BCUT2D eigenvalue weighted by Gasteiger charge is 2.31. The highest BCUT2D eigenvalue weighted by molar-refractivity contribution is 5.94. The summed E-state index contributed by atoms with van der Waals surface area (Å²) in [4.78, 5) is 23.7. The van der Waals surface area contributed by atoms with Crippen molar-refractivity contribution in [2.45, 2.75) is 13.3 Å². The summed E-state index contributed by atoms with van der Waals surface area (Å²) in [7, 11) is 0. The number of carbonyl (C=O) groups excluding carboxylic acids is 1. The predicted octanol–water partition coefficient (Wildman–Crippen LogP) is 2.24. The largest absolute Gasteiger partial charge is 0.462 e. The second kappa shape index (κ2) is 5.43. The molecule has 1 heterocycles. The summed E-state index contributed by atoms with van der Waals surface area (Å²) in [6.07, 6.45) is -2.89. The van der Waals surface area contributed by atoms with Crippen molar-refractivity contribution in [2.24, 2.45) is 0 Å². The van der Waals surface area contributed by atoms with Crippen molar-refractivity contribution in [2.75, 3.05) is 6.61 Å². The van der Waals surface area contributed by atoms with E-state index in [2.05, 4.69) is 9.72 Å². The van der Waals surface area contributed by atoms with Crippen molar-refractivity contribution in [3.05, 3.63) is 33.4 Å². The fraction of sp³-hybridized carbons (Fsp3) is 0.333. The fourth-order valence-corrected chi connectivity index (χ4v) is 1.18. The molecule has 1 rings (SSSR count). The number of nitrogens with zero attached hydrogens (tertiary/aromatic N) is 2. The van der Waals surface area contributed by atoms with Crippen molar-refractivity contribution < 1.29 is 27.6 Å². The molecule has 0 aliphatic heterocycles. The number of hydrogen-bond acceptors (Lipinski definition) is 5. The molecule has 0 fully saturated rings. The Morgan fingerprint density at radius 3 is 2.67 bits per heavy atom. The maximum Gasteiger partial charge on any atom is 0.348 e. The molecule has 0 saturated carbocycles. The quantitative estimate of drug-likeness (QED) is 0.473. The van der Waals surface area contributed by atoms with Crippen LogP contribution in [0, 0.1) is 15.9 Å². The molecule has 18 heavy (non-hydrogen) atoms. The standard InChI is InChI=1S/C9H7F3N2O4/c1-2-18-9(15)5-4(14(16)17)3-13-7(6(5)10)8(11)12/h3,8H,2H2,1H3. The van der Waals surface area contributed by atoms with E-state index in [-0.39, 0.29) is 6.61 Å². The van der Waals surface area contributed by atoms with E-state index in [4.69, 9.17) is 0 Å². The number of alkyl halides is 2. The average Bonchev–Trinajstić information content (AvgIpc) is 2.27. The lowest BCUT2D eigenvalue weighted by Crippen LogP contribution is -2.13. The van der Waals surface area contributed by atoms with Gasteiger partial charge in [-0.3, -0.25) is 10.1 Å². The summed E-state index contributed by atoms with van der Waals surface area (Å²) in [5.41, 5.74) is -3.49. The first kappa shape index (κ1) is 13.9. The molecule has 0 saturated heterocycles. The van der Waals surface area contributed by atoms with Crippen molar-refractivity contribution in [3.8, 4) is 0 Å². The first-order valence-corrected chi connectivity index (χ1v) is 4.68. The van der Waals surface area contributed by atoms with E-state index in [1.807, 2.05) is 0 Å². The molecular weight excluding hydrogens is 257 g/mol. The minimum absolute atomic E-state index is 0.179. The predicted molar refractivity (Wildman–Crippen MR) is 51.8 cm³/mol. The van der Waals surface area contributed by atoms with Crippen molar-refractivity contribution in [1.82, 2.24) is 4.98 Å². The van der Waals surface area contributed by atoms with Gasteiger partial charge in [-0.05, 0) is 6.92 Å². The lowest BCUT2D eigenvalue weighted by molar-refractivity contribution is -0.385. The van der Waals surface area contributed by atoms with E-state index in [0.717, 1.165) is 0 Å². The van der Waals surface area contributed by atoms with Crippen LogP contribution in [0.1, 0.15) is 29.4 Å². The van der Waals surface area contributed by atoms with Crippen LogP contribution in [0.2, 0.25) is 0 Å².